The normalized spacial score (nSPS) is 15.6. The van der Waals surface area contributed by atoms with Gasteiger partial charge in [-0.05, 0) is 34.9 Å². The number of hydrogen-bond acceptors (Lipinski definition) is 3. The lowest BCUT2D eigenvalue weighted by atomic mass is 9.97. The van der Waals surface area contributed by atoms with Crippen LogP contribution in [0, 0.1) is 5.92 Å². The minimum absolute atomic E-state index is 0.00416. The summed E-state index contributed by atoms with van der Waals surface area (Å²) >= 11 is 0. The van der Waals surface area contributed by atoms with E-state index in [-0.39, 0.29) is 23.6 Å². The van der Waals surface area contributed by atoms with Gasteiger partial charge in [-0.1, -0.05) is 74.9 Å². The molecule has 0 spiro atoms. The highest BCUT2D eigenvalue weighted by molar-refractivity contribution is 6.07. The number of carbonyl (C=O) groups excluding carboxylic acids is 3. The smallest absolute Gasteiger partial charge is 0.254 e. The van der Waals surface area contributed by atoms with Crippen molar-refractivity contribution in [2.45, 2.75) is 26.3 Å². The maximum absolute atomic E-state index is 13.4. The Morgan fingerprint density at radius 1 is 0.824 bits per heavy atom. The maximum atomic E-state index is 13.4. The van der Waals surface area contributed by atoms with Gasteiger partial charge in [0.1, 0.15) is 6.04 Å². The Kier molecular flexibility index (Phi) is 7.26. The van der Waals surface area contributed by atoms with E-state index in [2.05, 4.69) is 5.32 Å². The Balaban J connectivity index is 1.43. The summed E-state index contributed by atoms with van der Waals surface area (Å²) in [5.41, 5.74) is 1.22. The predicted octanol–water partition coefficient (Wildman–Crippen LogP) is 3.97. The summed E-state index contributed by atoms with van der Waals surface area (Å²) in [6, 6.07) is 22.0. The average molecular weight is 458 g/mol. The summed E-state index contributed by atoms with van der Waals surface area (Å²) in [6.07, 6.45) is 0.769. The first-order valence-corrected chi connectivity index (χ1v) is 11.9. The van der Waals surface area contributed by atoms with Crippen molar-refractivity contribution in [2.75, 3.05) is 26.2 Å². The highest BCUT2D eigenvalue weighted by Gasteiger charge is 2.33. The molecule has 3 aromatic rings. The van der Waals surface area contributed by atoms with Crippen molar-refractivity contribution in [1.29, 1.82) is 0 Å². The molecule has 0 radical (unpaired) electrons. The monoisotopic (exact) mass is 457 g/mol. The molecule has 1 saturated heterocycles. The van der Waals surface area contributed by atoms with Crippen LogP contribution in [0.2, 0.25) is 0 Å². The van der Waals surface area contributed by atoms with Crippen LogP contribution in [-0.2, 0) is 4.79 Å². The number of fused-ring (bicyclic) bond motifs is 1. The van der Waals surface area contributed by atoms with Gasteiger partial charge in [-0.3, -0.25) is 14.4 Å². The van der Waals surface area contributed by atoms with E-state index in [0.717, 1.165) is 17.2 Å². The number of amides is 3. The molecule has 2 atom stereocenters. The Hall–Kier alpha value is -3.67. The fourth-order valence-corrected chi connectivity index (χ4v) is 4.41. The second-order valence-electron chi connectivity index (χ2n) is 8.85. The van der Waals surface area contributed by atoms with E-state index in [9.17, 15) is 14.4 Å². The van der Waals surface area contributed by atoms with Crippen molar-refractivity contribution in [1.82, 2.24) is 15.1 Å². The summed E-state index contributed by atoms with van der Waals surface area (Å²) in [6.45, 7) is 5.82. The van der Waals surface area contributed by atoms with Gasteiger partial charge >= 0.3 is 0 Å². The van der Waals surface area contributed by atoms with Crippen molar-refractivity contribution >= 4 is 28.5 Å². The average Bonchev–Trinajstić information content (AvgIpc) is 2.90. The largest absolute Gasteiger partial charge is 0.340 e. The van der Waals surface area contributed by atoms with Crippen molar-refractivity contribution in [2.24, 2.45) is 5.92 Å². The minimum atomic E-state index is -0.599. The third kappa shape index (κ3) is 4.96. The SMILES string of the molecule is CCC(C)C(NC(=O)c1ccccc1)C(=O)N1CCN(C(=O)c2cccc3ccccc23)CC1. The molecule has 1 N–H and O–H groups in total. The molecule has 1 aliphatic heterocycles. The van der Waals surface area contributed by atoms with Crippen LogP contribution in [0.1, 0.15) is 41.0 Å². The zero-order valence-electron chi connectivity index (χ0n) is 19.7. The lowest BCUT2D eigenvalue weighted by molar-refractivity contribution is -0.136. The van der Waals surface area contributed by atoms with Gasteiger partial charge < -0.3 is 15.1 Å². The van der Waals surface area contributed by atoms with Gasteiger partial charge in [0.2, 0.25) is 5.91 Å². The van der Waals surface area contributed by atoms with Crippen LogP contribution in [-0.4, -0.2) is 59.7 Å². The molecule has 34 heavy (non-hydrogen) atoms. The fourth-order valence-electron chi connectivity index (χ4n) is 4.41. The first-order chi connectivity index (χ1) is 16.5. The van der Waals surface area contributed by atoms with Crippen LogP contribution < -0.4 is 5.32 Å². The third-order valence-electron chi connectivity index (χ3n) is 6.70. The zero-order valence-corrected chi connectivity index (χ0v) is 19.7. The van der Waals surface area contributed by atoms with E-state index >= 15 is 0 Å². The first-order valence-electron chi connectivity index (χ1n) is 11.9. The van der Waals surface area contributed by atoms with Crippen molar-refractivity contribution < 1.29 is 14.4 Å². The molecule has 1 aliphatic rings. The van der Waals surface area contributed by atoms with Gasteiger partial charge in [-0.15, -0.1) is 0 Å². The number of rotatable bonds is 6. The Morgan fingerprint density at radius 2 is 1.44 bits per heavy atom. The standard InChI is InChI=1S/C28H31N3O3/c1-3-20(2)25(29-26(32)22-11-5-4-6-12-22)28(34)31-18-16-30(17-19-31)27(33)24-15-9-13-21-10-7-8-14-23(21)24/h4-15,20,25H,3,16-19H2,1-2H3,(H,29,32). The molecule has 6 nitrogen and oxygen atoms in total. The molecule has 0 aromatic heterocycles. The van der Waals surface area contributed by atoms with E-state index < -0.39 is 6.04 Å². The molecule has 0 aliphatic carbocycles. The molecule has 1 fully saturated rings. The van der Waals surface area contributed by atoms with Gasteiger partial charge in [0.05, 0.1) is 0 Å². The van der Waals surface area contributed by atoms with Crippen LogP contribution >= 0.6 is 0 Å². The van der Waals surface area contributed by atoms with Gasteiger partial charge in [0, 0.05) is 37.3 Å². The van der Waals surface area contributed by atoms with Crippen molar-refractivity contribution in [3.05, 3.63) is 83.9 Å². The van der Waals surface area contributed by atoms with Gasteiger partial charge in [0.15, 0.2) is 0 Å². The highest BCUT2D eigenvalue weighted by atomic mass is 16.2. The van der Waals surface area contributed by atoms with E-state index in [1.165, 1.54) is 0 Å². The molecule has 176 valence electrons. The summed E-state index contributed by atoms with van der Waals surface area (Å²) in [5, 5.41) is 4.92. The van der Waals surface area contributed by atoms with Gasteiger partial charge in [0.25, 0.3) is 11.8 Å². The fraction of sp³-hybridized carbons (Fsp3) is 0.321. The van der Waals surface area contributed by atoms with Gasteiger partial charge in [-0.2, -0.15) is 0 Å². The Labute approximate surface area is 200 Å². The second kappa shape index (κ2) is 10.5. The summed E-state index contributed by atoms with van der Waals surface area (Å²) < 4.78 is 0. The molecule has 3 amide bonds. The van der Waals surface area contributed by atoms with Crippen molar-refractivity contribution in [3.8, 4) is 0 Å². The van der Waals surface area contributed by atoms with E-state index in [1.807, 2.05) is 67.3 Å². The number of benzene rings is 3. The summed E-state index contributed by atoms with van der Waals surface area (Å²) in [4.78, 5) is 43.0. The molecule has 3 aromatic carbocycles. The Morgan fingerprint density at radius 3 is 2.15 bits per heavy atom. The van der Waals surface area contributed by atoms with E-state index in [0.29, 0.717) is 37.3 Å². The molecule has 0 bridgehead atoms. The zero-order chi connectivity index (χ0) is 24.1. The number of nitrogens with zero attached hydrogens (tertiary/aromatic N) is 2. The molecule has 6 heteroatoms. The first kappa shape index (κ1) is 23.5. The summed E-state index contributed by atoms with van der Waals surface area (Å²) in [5.74, 6) is -0.352. The lowest BCUT2D eigenvalue weighted by Crippen LogP contribution is -2.57. The second-order valence-corrected chi connectivity index (χ2v) is 8.85. The molecule has 2 unspecified atom stereocenters. The number of hydrogen-bond donors (Lipinski definition) is 1. The number of carbonyl (C=O) groups is 3. The number of nitrogens with one attached hydrogen (secondary N) is 1. The molecular formula is C28H31N3O3. The van der Waals surface area contributed by atoms with Crippen LogP contribution in [0.15, 0.2) is 72.8 Å². The summed E-state index contributed by atoms with van der Waals surface area (Å²) in [7, 11) is 0. The molecular weight excluding hydrogens is 426 g/mol. The number of piperazine rings is 1. The predicted molar refractivity (Wildman–Crippen MR) is 134 cm³/mol. The topological polar surface area (TPSA) is 69.7 Å². The lowest BCUT2D eigenvalue weighted by Gasteiger charge is -2.37. The van der Waals surface area contributed by atoms with E-state index in [4.69, 9.17) is 0 Å². The molecule has 0 saturated carbocycles. The van der Waals surface area contributed by atoms with Crippen LogP contribution in [0.3, 0.4) is 0 Å². The maximum Gasteiger partial charge on any atom is 0.254 e. The third-order valence-corrected chi connectivity index (χ3v) is 6.70. The van der Waals surface area contributed by atoms with Crippen LogP contribution in [0.25, 0.3) is 10.8 Å². The molecule has 4 rings (SSSR count). The van der Waals surface area contributed by atoms with Crippen LogP contribution in [0.4, 0.5) is 0 Å². The van der Waals surface area contributed by atoms with Gasteiger partial charge in [-0.25, -0.2) is 0 Å². The minimum Gasteiger partial charge on any atom is -0.340 e. The molecule has 1 heterocycles. The quantitative estimate of drug-likeness (QED) is 0.609. The van der Waals surface area contributed by atoms with Crippen LogP contribution in [0.5, 0.6) is 0 Å². The Bertz CT molecular complexity index is 1160. The van der Waals surface area contributed by atoms with E-state index in [1.54, 1.807) is 29.2 Å². The highest BCUT2D eigenvalue weighted by Crippen LogP contribution is 2.21. The van der Waals surface area contributed by atoms with Crippen molar-refractivity contribution in [3.63, 3.8) is 0 Å².